The van der Waals surface area contributed by atoms with Gasteiger partial charge in [0.1, 0.15) is 5.78 Å². The third kappa shape index (κ3) is 5.81. The fourth-order valence-electron chi connectivity index (χ4n) is 7.42. The molecule has 0 amide bonds. The van der Waals surface area contributed by atoms with E-state index in [-0.39, 0.29) is 32.9 Å². The van der Waals surface area contributed by atoms with E-state index in [2.05, 4.69) is 114 Å². The van der Waals surface area contributed by atoms with Gasteiger partial charge in [0.15, 0.2) is 14.1 Å². The van der Waals surface area contributed by atoms with Crippen LogP contribution in [0.4, 0.5) is 0 Å². The van der Waals surface area contributed by atoms with Crippen molar-refractivity contribution in [3.05, 3.63) is 11.8 Å². The minimum absolute atomic E-state index is 0.0437. The zero-order valence-corrected chi connectivity index (χ0v) is 32.1. The van der Waals surface area contributed by atoms with Gasteiger partial charge in [-0.3, -0.25) is 4.79 Å². The maximum atomic E-state index is 14.4. The molecular weight excluding hydrogens is 545 g/mol. The Morgan fingerprint density at radius 1 is 0.900 bits per heavy atom. The average Bonchev–Trinajstić information content (AvgIpc) is 2.70. The van der Waals surface area contributed by atoms with Gasteiger partial charge in [0, 0.05) is 29.2 Å². The van der Waals surface area contributed by atoms with E-state index in [0.717, 1.165) is 31.4 Å². The van der Waals surface area contributed by atoms with Crippen LogP contribution in [0.25, 0.3) is 0 Å². The van der Waals surface area contributed by atoms with E-state index >= 15 is 0 Å². The Morgan fingerprint density at radius 2 is 1.43 bits per heavy atom. The van der Waals surface area contributed by atoms with Crippen LogP contribution in [0.5, 0.6) is 0 Å². The summed E-state index contributed by atoms with van der Waals surface area (Å²) in [7, 11) is -6.31. The van der Waals surface area contributed by atoms with E-state index < -0.39 is 35.9 Å². The fourth-order valence-corrected chi connectivity index (χ4v) is 12.6. The van der Waals surface area contributed by atoms with Crippen molar-refractivity contribution in [2.75, 3.05) is 0 Å². The Bertz CT molecular complexity index is 1010. The van der Waals surface area contributed by atoms with Crippen molar-refractivity contribution in [3.8, 4) is 0 Å². The molecule has 2 fully saturated rings. The van der Waals surface area contributed by atoms with Gasteiger partial charge in [0.25, 0.3) is 0 Å². The van der Waals surface area contributed by atoms with Crippen LogP contribution in [0.2, 0.25) is 61.4 Å². The molecule has 0 heterocycles. The predicted octanol–water partition coefficient (Wildman–Crippen LogP) is 9.75. The maximum absolute atomic E-state index is 14.4. The van der Waals surface area contributed by atoms with E-state index in [9.17, 15) is 9.90 Å². The van der Waals surface area contributed by atoms with Crippen molar-refractivity contribution in [2.45, 2.75) is 162 Å². The van der Waals surface area contributed by atoms with Gasteiger partial charge in [-0.25, -0.2) is 0 Å². The lowest BCUT2D eigenvalue weighted by atomic mass is 9.51. The lowest BCUT2D eigenvalue weighted by Crippen LogP contribution is -2.66. The molecule has 0 aromatic rings. The fraction of sp³-hybridized carbons (Fsp3) is 0.909. The standard InChI is InChI=1S/C33H64O4Si3/c1-29(2,3)39(13,14)36-25-18-17-23-21-27(34)32(9)20-19-28(38(10,11)12)33(35,37-40(15,16)30(4,5)6)26(32)22-24(25)31(23,7)8/h18,23-24,26,28,35H,17,19-22H2,1-16H3/t23?,24?,26-,28-,32+,33-/m0/s1. The van der Waals surface area contributed by atoms with Crippen molar-refractivity contribution < 1.29 is 18.8 Å². The van der Waals surface area contributed by atoms with E-state index in [1.54, 1.807) is 0 Å². The van der Waals surface area contributed by atoms with Crippen LogP contribution in [0, 0.1) is 28.6 Å². The van der Waals surface area contributed by atoms with Crippen LogP contribution >= 0.6 is 0 Å². The third-order valence-electron chi connectivity index (χ3n) is 12.6. The SMILES string of the molecule is CC1(C)C2CC=C(O[Si](C)(C)C(C)(C)C)C1C[C@@H]1[C@](O)(O[Si](C)(C)C(C)(C)C)[C@@H]([Si](C)(C)C)CC[C@@]1(C)C(=O)C2. The van der Waals surface area contributed by atoms with Gasteiger partial charge in [0.05, 0.1) is 13.8 Å². The number of carbonyl (C=O) groups excluding carboxylic acids is 1. The van der Waals surface area contributed by atoms with E-state index in [1.807, 2.05) is 0 Å². The predicted molar refractivity (Wildman–Crippen MR) is 177 cm³/mol. The summed E-state index contributed by atoms with van der Waals surface area (Å²) in [5.74, 6) is 0.309. The van der Waals surface area contributed by atoms with Crippen LogP contribution in [-0.2, 0) is 13.6 Å². The molecule has 2 unspecified atom stereocenters. The molecule has 0 spiro atoms. The first-order valence-electron chi connectivity index (χ1n) is 16.0. The number of carbonyl (C=O) groups is 1. The number of rotatable bonds is 5. The van der Waals surface area contributed by atoms with Crippen molar-refractivity contribution >= 4 is 30.5 Å². The number of allylic oxidation sites excluding steroid dienone is 2. The first-order chi connectivity index (χ1) is 17.6. The molecule has 0 saturated heterocycles. The molecule has 6 atom stereocenters. The highest BCUT2D eigenvalue weighted by atomic mass is 28.4. The van der Waals surface area contributed by atoms with E-state index in [1.165, 1.54) is 0 Å². The highest BCUT2D eigenvalue weighted by Crippen LogP contribution is 2.64. The highest BCUT2D eigenvalue weighted by molar-refractivity contribution is 6.78. The summed E-state index contributed by atoms with van der Waals surface area (Å²) in [4.78, 5) is 14.4. The zero-order valence-electron chi connectivity index (χ0n) is 29.1. The molecule has 0 aliphatic heterocycles. The summed E-state index contributed by atoms with van der Waals surface area (Å²) < 4.78 is 14.4. The molecule has 2 bridgehead atoms. The van der Waals surface area contributed by atoms with Crippen molar-refractivity contribution in [1.29, 1.82) is 0 Å². The Morgan fingerprint density at radius 3 is 1.90 bits per heavy atom. The average molecular weight is 609 g/mol. The monoisotopic (exact) mass is 608 g/mol. The largest absolute Gasteiger partial charge is 0.547 e. The second-order valence-electron chi connectivity index (χ2n) is 18.7. The molecule has 2 saturated carbocycles. The van der Waals surface area contributed by atoms with Gasteiger partial charge in [-0.1, -0.05) is 82.0 Å². The normalized spacial score (nSPS) is 35.8. The van der Waals surface area contributed by atoms with Crippen molar-refractivity contribution in [2.24, 2.45) is 28.6 Å². The summed E-state index contributed by atoms with van der Waals surface area (Å²) in [6, 6.07) is 0. The molecule has 3 rings (SSSR count). The first kappa shape index (κ1) is 34.3. The van der Waals surface area contributed by atoms with Crippen molar-refractivity contribution in [1.82, 2.24) is 0 Å². The van der Waals surface area contributed by atoms with Gasteiger partial charge in [0.2, 0.25) is 8.32 Å². The molecule has 3 aliphatic carbocycles. The van der Waals surface area contributed by atoms with E-state index in [4.69, 9.17) is 8.85 Å². The summed E-state index contributed by atoms with van der Waals surface area (Å²) in [5, 5.41) is 13.3. The second kappa shape index (κ2) is 10.2. The van der Waals surface area contributed by atoms with Gasteiger partial charge >= 0.3 is 0 Å². The number of hydrogen-bond donors (Lipinski definition) is 1. The van der Waals surface area contributed by atoms with Gasteiger partial charge < -0.3 is 14.0 Å². The number of Topliss-reactive ketones (excluding diaryl/α,β-unsaturated/α-hetero) is 1. The molecule has 0 aromatic carbocycles. The topological polar surface area (TPSA) is 55.8 Å². The summed E-state index contributed by atoms with van der Waals surface area (Å²) in [5.41, 5.74) is -0.622. The van der Waals surface area contributed by atoms with Gasteiger partial charge in [-0.15, -0.1) is 0 Å². The number of hydrogen-bond acceptors (Lipinski definition) is 4. The third-order valence-corrected chi connectivity index (χ3v) is 24.2. The second-order valence-corrected chi connectivity index (χ2v) is 33.6. The molecule has 1 N–H and O–H groups in total. The molecule has 4 nitrogen and oxygen atoms in total. The Kier molecular flexibility index (Phi) is 8.71. The van der Waals surface area contributed by atoms with Crippen LogP contribution in [0.3, 0.4) is 0 Å². The smallest absolute Gasteiger partial charge is 0.250 e. The lowest BCUT2D eigenvalue weighted by molar-refractivity contribution is -0.244. The van der Waals surface area contributed by atoms with Crippen LogP contribution in [0.15, 0.2) is 11.8 Å². The number of ketones is 1. The van der Waals surface area contributed by atoms with Crippen LogP contribution in [-0.4, -0.2) is 41.4 Å². The van der Waals surface area contributed by atoms with E-state index in [0.29, 0.717) is 18.1 Å². The molecule has 3 aliphatic rings. The summed E-state index contributed by atoms with van der Waals surface area (Å²) in [6.45, 7) is 36.8. The number of aliphatic hydroxyl groups is 1. The maximum Gasteiger partial charge on any atom is 0.250 e. The van der Waals surface area contributed by atoms with Gasteiger partial charge in [-0.05, 0) is 79.4 Å². The van der Waals surface area contributed by atoms with Crippen LogP contribution < -0.4 is 0 Å². The lowest BCUT2D eigenvalue weighted by Gasteiger charge is -2.62. The summed E-state index contributed by atoms with van der Waals surface area (Å²) in [6.07, 6.45) is 6.23. The first-order valence-corrected chi connectivity index (χ1v) is 25.4. The molecule has 7 heteroatoms. The zero-order chi connectivity index (χ0) is 31.1. The molecule has 232 valence electrons. The Balaban J connectivity index is 2.24. The minimum atomic E-state index is -2.37. The quantitative estimate of drug-likeness (QED) is 0.249. The van der Waals surface area contributed by atoms with Crippen molar-refractivity contribution in [3.63, 3.8) is 0 Å². The van der Waals surface area contributed by atoms with Gasteiger partial charge in [-0.2, -0.15) is 0 Å². The minimum Gasteiger partial charge on any atom is -0.547 e. The molecular formula is C33H64O4Si3. The number of fused-ring (bicyclic) bond motifs is 3. The summed E-state index contributed by atoms with van der Waals surface area (Å²) >= 11 is 0. The Hall–Kier alpha value is -0.219. The molecule has 0 aromatic heterocycles. The molecule has 40 heavy (non-hydrogen) atoms. The molecule has 0 radical (unpaired) electrons. The highest BCUT2D eigenvalue weighted by Gasteiger charge is 2.66. The Labute approximate surface area is 250 Å². The van der Waals surface area contributed by atoms with Crippen LogP contribution in [0.1, 0.15) is 94.4 Å².